The summed E-state index contributed by atoms with van der Waals surface area (Å²) in [6.07, 6.45) is 1.63. The average Bonchev–Trinajstić information content (AvgIpc) is 2.85. The summed E-state index contributed by atoms with van der Waals surface area (Å²) in [6.45, 7) is 0. The summed E-state index contributed by atoms with van der Waals surface area (Å²) in [6, 6.07) is 14.3. The molecule has 4 nitrogen and oxygen atoms in total. The maximum absolute atomic E-state index is 12.3. The van der Waals surface area contributed by atoms with Crippen LogP contribution in [-0.2, 0) is 29.4 Å². The van der Waals surface area contributed by atoms with Crippen LogP contribution in [0.4, 0.5) is 0 Å². The van der Waals surface area contributed by atoms with Gasteiger partial charge in [-0.2, -0.15) is 0 Å². The minimum absolute atomic E-state index is 0.430. The van der Waals surface area contributed by atoms with Crippen LogP contribution < -0.4 is 0 Å². The normalized spacial score (nSPS) is 12.7. The van der Waals surface area contributed by atoms with Crippen molar-refractivity contribution in [1.82, 2.24) is 14.8 Å². The molecule has 0 fully saturated rings. The van der Waals surface area contributed by atoms with Crippen LogP contribution in [0.25, 0.3) is 10.8 Å². The third-order valence-corrected chi connectivity index (χ3v) is 4.50. The van der Waals surface area contributed by atoms with Crippen molar-refractivity contribution < 1.29 is 4.21 Å². The fraction of sp³-hybridized carbons (Fsp3) is 0.200. The van der Waals surface area contributed by atoms with E-state index < -0.39 is 10.8 Å². The zero-order valence-corrected chi connectivity index (χ0v) is 12.0. The molecule has 0 aliphatic heterocycles. The van der Waals surface area contributed by atoms with Crippen LogP contribution in [0.15, 0.2) is 48.8 Å². The number of fused-ring (bicyclic) bond motifs is 1. The summed E-state index contributed by atoms with van der Waals surface area (Å²) in [5, 5.41) is 10.1. The van der Waals surface area contributed by atoms with E-state index >= 15 is 0 Å². The van der Waals surface area contributed by atoms with E-state index in [2.05, 4.69) is 28.4 Å². The van der Waals surface area contributed by atoms with Crippen LogP contribution in [0.2, 0.25) is 0 Å². The highest BCUT2D eigenvalue weighted by atomic mass is 32.2. The molecule has 1 aromatic heterocycles. The Bertz CT molecular complexity index is 761. The first-order valence-electron chi connectivity index (χ1n) is 6.38. The first kappa shape index (κ1) is 13.0. The minimum atomic E-state index is -0.990. The Morgan fingerprint density at radius 1 is 1.10 bits per heavy atom. The topological polar surface area (TPSA) is 47.8 Å². The van der Waals surface area contributed by atoms with Gasteiger partial charge in [-0.15, -0.1) is 10.2 Å². The number of hydrogen-bond donors (Lipinski definition) is 0. The van der Waals surface area contributed by atoms with Gasteiger partial charge in [0.1, 0.15) is 12.2 Å². The van der Waals surface area contributed by atoms with E-state index in [-0.39, 0.29) is 0 Å². The number of hydrogen-bond acceptors (Lipinski definition) is 3. The van der Waals surface area contributed by atoms with Gasteiger partial charge >= 0.3 is 0 Å². The number of benzene rings is 2. The molecule has 1 atom stereocenters. The lowest BCUT2D eigenvalue weighted by molar-refractivity contribution is 0.679. The Labute approximate surface area is 119 Å². The molecule has 20 heavy (non-hydrogen) atoms. The Kier molecular flexibility index (Phi) is 3.60. The lowest BCUT2D eigenvalue weighted by Crippen LogP contribution is -2.05. The summed E-state index contributed by atoms with van der Waals surface area (Å²) in [5.41, 5.74) is 1.11. The van der Waals surface area contributed by atoms with E-state index in [1.165, 1.54) is 10.8 Å². The SMILES string of the molecule is Cn1cnnc1C[S@](=O)Cc1cccc2ccccc12. The van der Waals surface area contributed by atoms with Crippen molar-refractivity contribution in [2.45, 2.75) is 11.5 Å². The molecular formula is C15H15N3OS. The number of rotatable bonds is 4. The fourth-order valence-electron chi connectivity index (χ4n) is 2.22. The number of aryl methyl sites for hydroxylation is 1. The highest BCUT2D eigenvalue weighted by Crippen LogP contribution is 2.20. The van der Waals surface area contributed by atoms with Crippen LogP contribution in [0, 0.1) is 0 Å². The lowest BCUT2D eigenvalue weighted by Gasteiger charge is -2.06. The Hall–Kier alpha value is -2.01. The molecule has 1 heterocycles. The second kappa shape index (κ2) is 5.54. The Morgan fingerprint density at radius 3 is 2.70 bits per heavy atom. The standard InChI is InChI=1S/C15H15N3OS/c1-18-11-16-17-15(18)10-20(19)9-13-7-4-6-12-5-2-3-8-14(12)13/h2-8,11H,9-10H2,1H3/t20-/m1/s1. The Balaban J connectivity index is 1.83. The molecule has 0 aliphatic rings. The van der Waals surface area contributed by atoms with Gasteiger partial charge in [-0.05, 0) is 16.3 Å². The molecule has 0 bridgehead atoms. The summed E-state index contributed by atoms with van der Waals surface area (Å²) in [7, 11) is 0.876. The molecule has 0 saturated carbocycles. The quantitative estimate of drug-likeness (QED) is 0.739. The van der Waals surface area contributed by atoms with Gasteiger partial charge in [0, 0.05) is 23.6 Å². The molecule has 0 N–H and O–H groups in total. The molecule has 0 spiro atoms. The Morgan fingerprint density at radius 2 is 1.90 bits per heavy atom. The van der Waals surface area contributed by atoms with E-state index in [0.717, 1.165) is 11.4 Å². The van der Waals surface area contributed by atoms with Gasteiger partial charge in [0.25, 0.3) is 0 Å². The fourth-order valence-corrected chi connectivity index (χ4v) is 3.47. The van der Waals surface area contributed by atoms with Crippen molar-refractivity contribution in [3.05, 3.63) is 60.2 Å². The predicted octanol–water partition coefficient (Wildman–Crippen LogP) is 2.42. The summed E-state index contributed by atoms with van der Waals surface area (Å²) >= 11 is 0. The zero-order chi connectivity index (χ0) is 13.9. The molecule has 0 saturated heterocycles. The molecule has 0 amide bonds. The summed E-state index contributed by atoms with van der Waals surface area (Å²) < 4.78 is 14.1. The van der Waals surface area contributed by atoms with E-state index in [0.29, 0.717) is 11.5 Å². The van der Waals surface area contributed by atoms with Gasteiger partial charge in [-0.25, -0.2) is 0 Å². The molecule has 0 unspecified atom stereocenters. The lowest BCUT2D eigenvalue weighted by atomic mass is 10.1. The van der Waals surface area contributed by atoms with Crippen LogP contribution >= 0.6 is 0 Å². The van der Waals surface area contributed by atoms with Gasteiger partial charge in [0.05, 0.1) is 5.75 Å². The van der Waals surface area contributed by atoms with Gasteiger partial charge in [-0.1, -0.05) is 42.5 Å². The average molecular weight is 285 g/mol. The van der Waals surface area contributed by atoms with E-state index in [1.54, 1.807) is 10.9 Å². The molecule has 5 heteroatoms. The maximum Gasteiger partial charge on any atom is 0.145 e. The monoisotopic (exact) mass is 285 g/mol. The second-order valence-corrected chi connectivity index (χ2v) is 6.18. The van der Waals surface area contributed by atoms with Crippen molar-refractivity contribution >= 4 is 21.6 Å². The van der Waals surface area contributed by atoms with Crippen LogP contribution in [-0.4, -0.2) is 19.0 Å². The summed E-state index contributed by atoms with van der Waals surface area (Å²) in [5.74, 6) is 1.72. The van der Waals surface area contributed by atoms with Crippen LogP contribution in [0.3, 0.4) is 0 Å². The highest BCUT2D eigenvalue weighted by molar-refractivity contribution is 7.83. The maximum atomic E-state index is 12.3. The largest absolute Gasteiger partial charge is 0.320 e. The van der Waals surface area contributed by atoms with E-state index in [4.69, 9.17) is 0 Å². The summed E-state index contributed by atoms with van der Waals surface area (Å²) in [4.78, 5) is 0. The molecule has 0 radical (unpaired) electrons. The molecule has 0 aliphatic carbocycles. The first-order valence-corrected chi connectivity index (χ1v) is 7.87. The minimum Gasteiger partial charge on any atom is -0.320 e. The number of aromatic nitrogens is 3. The third kappa shape index (κ3) is 2.63. The van der Waals surface area contributed by atoms with Gasteiger partial charge in [-0.3, -0.25) is 4.21 Å². The second-order valence-electron chi connectivity index (χ2n) is 4.72. The van der Waals surface area contributed by atoms with Crippen molar-refractivity contribution in [1.29, 1.82) is 0 Å². The molecule has 3 rings (SSSR count). The van der Waals surface area contributed by atoms with Crippen molar-refractivity contribution in [2.75, 3.05) is 0 Å². The van der Waals surface area contributed by atoms with Crippen molar-refractivity contribution in [3.63, 3.8) is 0 Å². The molecule has 2 aromatic carbocycles. The van der Waals surface area contributed by atoms with Gasteiger partial charge in [0.15, 0.2) is 0 Å². The van der Waals surface area contributed by atoms with Crippen LogP contribution in [0.1, 0.15) is 11.4 Å². The third-order valence-electron chi connectivity index (χ3n) is 3.29. The zero-order valence-electron chi connectivity index (χ0n) is 11.2. The molecule has 102 valence electrons. The molecular weight excluding hydrogens is 270 g/mol. The predicted molar refractivity (Wildman–Crippen MR) is 80.5 cm³/mol. The number of nitrogens with zero attached hydrogens (tertiary/aromatic N) is 3. The van der Waals surface area contributed by atoms with Crippen LogP contribution in [0.5, 0.6) is 0 Å². The first-order chi connectivity index (χ1) is 9.74. The molecule has 3 aromatic rings. The smallest absolute Gasteiger partial charge is 0.145 e. The van der Waals surface area contributed by atoms with Gasteiger partial charge in [0.2, 0.25) is 0 Å². The highest BCUT2D eigenvalue weighted by Gasteiger charge is 2.09. The van der Waals surface area contributed by atoms with Crippen molar-refractivity contribution in [3.8, 4) is 0 Å². The van der Waals surface area contributed by atoms with E-state index in [1.807, 2.05) is 31.3 Å². The van der Waals surface area contributed by atoms with E-state index in [9.17, 15) is 4.21 Å². The van der Waals surface area contributed by atoms with Gasteiger partial charge < -0.3 is 4.57 Å². The van der Waals surface area contributed by atoms with Crippen molar-refractivity contribution in [2.24, 2.45) is 7.05 Å².